The van der Waals surface area contributed by atoms with Crippen LogP contribution < -0.4 is 5.32 Å². The summed E-state index contributed by atoms with van der Waals surface area (Å²) >= 11 is 11.3. The number of nitrogens with zero attached hydrogens (tertiary/aromatic N) is 1. The molecule has 1 heterocycles. The lowest BCUT2D eigenvalue weighted by Crippen LogP contribution is -2.14. The van der Waals surface area contributed by atoms with Gasteiger partial charge in [0.25, 0.3) is 5.91 Å². The molecular weight excluding hydrogens is 430 g/mol. The Morgan fingerprint density at radius 2 is 2.17 bits per heavy atom. The van der Waals surface area contributed by atoms with Gasteiger partial charge in [-0.3, -0.25) is 4.79 Å². The first-order chi connectivity index (χ1) is 8.58. The van der Waals surface area contributed by atoms with Crippen LogP contribution in [0.15, 0.2) is 41.1 Å². The van der Waals surface area contributed by atoms with Crippen molar-refractivity contribution >= 4 is 61.7 Å². The van der Waals surface area contributed by atoms with Crippen LogP contribution in [0.1, 0.15) is 10.4 Å². The van der Waals surface area contributed by atoms with Crippen LogP contribution in [-0.2, 0) is 0 Å². The zero-order chi connectivity index (χ0) is 13.1. The maximum atomic E-state index is 12.1. The van der Waals surface area contributed by atoms with E-state index in [0.29, 0.717) is 20.9 Å². The summed E-state index contributed by atoms with van der Waals surface area (Å²) < 4.78 is 1.44. The summed E-state index contributed by atoms with van der Waals surface area (Å²) in [6, 6.07) is 8.72. The second-order valence-electron chi connectivity index (χ2n) is 3.42. The van der Waals surface area contributed by atoms with Gasteiger partial charge in [0.2, 0.25) is 0 Å². The highest BCUT2D eigenvalue weighted by Gasteiger charge is 2.12. The summed E-state index contributed by atoms with van der Waals surface area (Å²) in [4.78, 5) is 16.2. The van der Waals surface area contributed by atoms with E-state index in [9.17, 15) is 4.79 Å². The van der Waals surface area contributed by atoms with Crippen molar-refractivity contribution in [2.45, 2.75) is 0 Å². The van der Waals surface area contributed by atoms with Gasteiger partial charge in [0.1, 0.15) is 4.60 Å². The van der Waals surface area contributed by atoms with Crippen molar-refractivity contribution in [3.63, 3.8) is 0 Å². The molecule has 0 aliphatic carbocycles. The number of hydrogen-bond donors (Lipinski definition) is 1. The predicted molar refractivity (Wildman–Crippen MR) is 84.1 cm³/mol. The molecule has 0 spiro atoms. The number of carbonyl (C=O) groups is 1. The summed E-state index contributed by atoms with van der Waals surface area (Å²) in [6.07, 6.45) is 1.64. The van der Waals surface area contributed by atoms with Crippen molar-refractivity contribution in [2.75, 3.05) is 5.32 Å². The number of pyridine rings is 1. The molecule has 3 nitrogen and oxygen atoms in total. The van der Waals surface area contributed by atoms with Gasteiger partial charge in [0.05, 0.1) is 11.3 Å². The Morgan fingerprint density at radius 1 is 1.39 bits per heavy atom. The minimum atomic E-state index is -0.212. The van der Waals surface area contributed by atoms with Crippen LogP contribution in [0.5, 0.6) is 0 Å². The minimum absolute atomic E-state index is 0.212. The summed E-state index contributed by atoms with van der Waals surface area (Å²) in [6.45, 7) is 0. The molecule has 0 aliphatic heterocycles. The van der Waals surface area contributed by atoms with E-state index in [4.69, 9.17) is 11.6 Å². The van der Waals surface area contributed by atoms with E-state index in [1.54, 1.807) is 36.5 Å². The molecule has 0 fully saturated rings. The minimum Gasteiger partial charge on any atom is -0.320 e. The zero-order valence-corrected chi connectivity index (χ0v) is 13.5. The Labute approximate surface area is 131 Å². The smallest absolute Gasteiger partial charge is 0.256 e. The molecule has 0 aliphatic rings. The third-order valence-corrected chi connectivity index (χ3v) is 3.99. The van der Waals surface area contributed by atoms with Crippen molar-refractivity contribution in [3.8, 4) is 0 Å². The number of nitrogens with one attached hydrogen (secondary N) is 1. The third kappa shape index (κ3) is 3.21. The second-order valence-corrected chi connectivity index (χ2v) is 5.77. The Hall–Kier alpha value is -0.660. The first kappa shape index (κ1) is 13.8. The summed E-state index contributed by atoms with van der Waals surface area (Å²) in [7, 11) is 0. The van der Waals surface area contributed by atoms with E-state index < -0.39 is 0 Å². The number of halogens is 3. The molecule has 0 unspecified atom stereocenters. The molecule has 1 N–H and O–H groups in total. The fourth-order valence-corrected chi connectivity index (χ4v) is 2.44. The number of benzene rings is 1. The molecule has 0 radical (unpaired) electrons. The maximum Gasteiger partial charge on any atom is 0.256 e. The predicted octanol–water partition coefficient (Wildman–Crippen LogP) is 4.35. The lowest BCUT2D eigenvalue weighted by atomic mass is 10.2. The molecular formula is C12H7BrClIN2O. The number of anilines is 1. The van der Waals surface area contributed by atoms with E-state index in [1.807, 2.05) is 0 Å². The van der Waals surface area contributed by atoms with Crippen LogP contribution in [-0.4, -0.2) is 10.9 Å². The van der Waals surface area contributed by atoms with E-state index in [0.717, 1.165) is 3.57 Å². The zero-order valence-electron chi connectivity index (χ0n) is 8.95. The summed E-state index contributed by atoms with van der Waals surface area (Å²) in [5.41, 5.74) is 1.16. The van der Waals surface area contributed by atoms with Crippen molar-refractivity contribution < 1.29 is 4.79 Å². The molecule has 0 saturated heterocycles. The van der Waals surface area contributed by atoms with Gasteiger partial charge in [-0.2, -0.15) is 0 Å². The van der Waals surface area contributed by atoms with Crippen LogP contribution >= 0.6 is 50.1 Å². The van der Waals surface area contributed by atoms with Gasteiger partial charge in [-0.25, -0.2) is 4.98 Å². The van der Waals surface area contributed by atoms with Gasteiger partial charge in [-0.1, -0.05) is 11.6 Å². The van der Waals surface area contributed by atoms with Gasteiger partial charge in [-0.05, 0) is 68.9 Å². The van der Waals surface area contributed by atoms with Crippen molar-refractivity contribution in [1.82, 2.24) is 4.98 Å². The fourth-order valence-electron chi connectivity index (χ4n) is 1.34. The van der Waals surface area contributed by atoms with Gasteiger partial charge in [-0.15, -0.1) is 0 Å². The molecule has 6 heteroatoms. The standard InChI is InChI=1S/C12H7BrClIN2O/c13-11-10(2-1-5-16-11)17-12(18)8-6-7(14)3-4-9(8)15/h1-6H,(H,17,18). The number of carbonyl (C=O) groups excluding carboxylic acids is 1. The molecule has 0 bridgehead atoms. The highest BCUT2D eigenvalue weighted by atomic mass is 127. The normalized spacial score (nSPS) is 10.2. The van der Waals surface area contributed by atoms with Crippen LogP contribution in [0, 0.1) is 3.57 Å². The van der Waals surface area contributed by atoms with Crippen LogP contribution in [0.3, 0.4) is 0 Å². The Kier molecular flexibility index (Phi) is 4.58. The van der Waals surface area contributed by atoms with Gasteiger partial charge < -0.3 is 5.32 Å². The van der Waals surface area contributed by atoms with E-state index in [2.05, 4.69) is 48.8 Å². The maximum absolute atomic E-state index is 12.1. The molecule has 2 aromatic rings. The van der Waals surface area contributed by atoms with Crippen molar-refractivity contribution in [2.24, 2.45) is 0 Å². The Bertz CT molecular complexity index is 606. The second kappa shape index (κ2) is 5.99. The lowest BCUT2D eigenvalue weighted by Gasteiger charge is -2.08. The summed E-state index contributed by atoms with van der Waals surface area (Å²) in [5.74, 6) is -0.212. The number of amides is 1. The van der Waals surface area contributed by atoms with Crippen LogP contribution in [0.4, 0.5) is 5.69 Å². The molecule has 0 atom stereocenters. The first-order valence-electron chi connectivity index (χ1n) is 4.95. The quantitative estimate of drug-likeness (QED) is 0.561. The van der Waals surface area contributed by atoms with Gasteiger partial charge in [0, 0.05) is 14.8 Å². The van der Waals surface area contributed by atoms with Gasteiger partial charge >= 0.3 is 0 Å². The van der Waals surface area contributed by atoms with Crippen molar-refractivity contribution in [3.05, 3.63) is 55.3 Å². The van der Waals surface area contributed by atoms with Gasteiger partial charge in [0.15, 0.2) is 0 Å². The monoisotopic (exact) mass is 436 g/mol. The fraction of sp³-hybridized carbons (Fsp3) is 0. The largest absolute Gasteiger partial charge is 0.320 e. The average molecular weight is 437 g/mol. The first-order valence-corrected chi connectivity index (χ1v) is 7.20. The molecule has 2 rings (SSSR count). The molecule has 1 aromatic carbocycles. The highest BCUT2D eigenvalue weighted by molar-refractivity contribution is 14.1. The number of aromatic nitrogens is 1. The number of rotatable bonds is 2. The highest BCUT2D eigenvalue weighted by Crippen LogP contribution is 2.22. The van der Waals surface area contributed by atoms with E-state index in [-0.39, 0.29) is 5.91 Å². The van der Waals surface area contributed by atoms with Crippen LogP contribution in [0.25, 0.3) is 0 Å². The van der Waals surface area contributed by atoms with E-state index >= 15 is 0 Å². The average Bonchev–Trinajstić information content (AvgIpc) is 2.35. The summed E-state index contributed by atoms with van der Waals surface area (Å²) in [5, 5.41) is 3.32. The molecule has 92 valence electrons. The Balaban J connectivity index is 2.28. The molecule has 0 saturated carbocycles. The molecule has 1 aromatic heterocycles. The third-order valence-electron chi connectivity index (χ3n) is 2.18. The molecule has 1 amide bonds. The lowest BCUT2D eigenvalue weighted by molar-refractivity contribution is 0.102. The Morgan fingerprint density at radius 3 is 2.89 bits per heavy atom. The van der Waals surface area contributed by atoms with Crippen LogP contribution in [0.2, 0.25) is 5.02 Å². The topological polar surface area (TPSA) is 42.0 Å². The molecule has 18 heavy (non-hydrogen) atoms. The van der Waals surface area contributed by atoms with E-state index in [1.165, 1.54) is 0 Å². The number of hydrogen-bond acceptors (Lipinski definition) is 2. The van der Waals surface area contributed by atoms with Crippen molar-refractivity contribution in [1.29, 1.82) is 0 Å². The SMILES string of the molecule is O=C(Nc1cccnc1Br)c1cc(Cl)ccc1I.